The molecule has 1 heterocycles. The van der Waals surface area contributed by atoms with Crippen molar-refractivity contribution in [3.63, 3.8) is 0 Å². The first-order valence-electron chi connectivity index (χ1n) is 6.03. The molecule has 0 amide bonds. The van der Waals surface area contributed by atoms with Gasteiger partial charge in [0.05, 0.1) is 5.69 Å². The highest BCUT2D eigenvalue weighted by Crippen LogP contribution is 2.23. The molecule has 0 aliphatic rings. The van der Waals surface area contributed by atoms with Crippen LogP contribution in [0.15, 0.2) is 36.5 Å². The fourth-order valence-corrected chi connectivity index (χ4v) is 2.06. The highest BCUT2D eigenvalue weighted by atomic mass is 15.2. The van der Waals surface area contributed by atoms with Crippen LogP contribution in [0.25, 0.3) is 11.3 Å². The molecule has 1 aromatic heterocycles. The third-order valence-corrected chi connectivity index (χ3v) is 2.81. The van der Waals surface area contributed by atoms with Gasteiger partial charge in [0.15, 0.2) is 0 Å². The molecule has 2 nitrogen and oxygen atoms in total. The summed E-state index contributed by atoms with van der Waals surface area (Å²) in [6, 6.07) is 10.8. The van der Waals surface area contributed by atoms with E-state index < -0.39 is 0 Å². The number of hydrogen-bond acceptors (Lipinski definition) is 1. The predicted octanol–water partition coefficient (Wildman–Crippen LogP) is 3.68. The van der Waals surface area contributed by atoms with E-state index >= 15 is 0 Å². The molecule has 0 aliphatic heterocycles. The van der Waals surface area contributed by atoms with E-state index in [0.717, 1.165) is 12.1 Å². The number of aromatic nitrogens is 2. The molecule has 0 aliphatic carbocycles. The smallest absolute Gasteiger partial charge is 0.0678 e. The minimum Gasteiger partial charge on any atom is -0.268 e. The summed E-state index contributed by atoms with van der Waals surface area (Å²) in [6.45, 7) is 6.80. The Morgan fingerprint density at radius 3 is 2.18 bits per heavy atom. The number of nitrogens with zero attached hydrogens (tertiary/aromatic N) is 2. The van der Waals surface area contributed by atoms with Gasteiger partial charge in [0.2, 0.25) is 0 Å². The van der Waals surface area contributed by atoms with Crippen LogP contribution in [0.3, 0.4) is 0 Å². The van der Waals surface area contributed by atoms with Crippen molar-refractivity contribution in [3.8, 4) is 11.3 Å². The van der Waals surface area contributed by atoms with Crippen LogP contribution in [0.2, 0.25) is 0 Å². The van der Waals surface area contributed by atoms with Gasteiger partial charge in [0, 0.05) is 13.2 Å². The van der Waals surface area contributed by atoms with Gasteiger partial charge in [-0.15, -0.1) is 0 Å². The van der Waals surface area contributed by atoms with E-state index in [9.17, 15) is 0 Å². The van der Waals surface area contributed by atoms with Crippen molar-refractivity contribution in [3.05, 3.63) is 42.1 Å². The molecule has 2 heteroatoms. The molecule has 0 N–H and O–H groups in total. The van der Waals surface area contributed by atoms with Gasteiger partial charge in [-0.2, -0.15) is 5.10 Å². The highest BCUT2D eigenvalue weighted by Gasteiger charge is 2.11. The molecule has 1 aromatic carbocycles. The SMILES string of the molecule is Cn1nccc1-c1ccc(CC(C)(C)C)cc1. The highest BCUT2D eigenvalue weighted by molar-refractivity contribution is 5.59. The van der Waals surface area contributed by atoms with Crippen molar-refractivity contribution in [1.29, 1.82) is 0 Å². The van der Waals surface area contributed by atoms with Gasteiger partial charge in [-0.05, 0) is 29.0 Å². The Balaban J connectivity index is 2.22. The number of aryl methyl sites for hydroxylation is 1. The molecule has 0 atom stereocenters. The number of rotatable bonds is 2. The van der Waals surface area contributed by atoms with E-state index in [1.807, 2.05) is 24.0 Å². The quantitative estimate of drug-likeness (QED) is 0.766. The van der Waals surface area contributed by atoms with E-state index in [2.05, 4.69) is 50.1 Å². The van der Waals surface area contributed by atoms with E-state index in [1.54, 1.807) is 0 Å². The van der Waals surface area contributed by atoms with Gasteiger partial charge < -0.3 is 0 Å². The van der Waals surface area contributed by atoms with Crippen LogP contribution < -0.4 is 0 Å². The Kier molecular flexibility index (Phi) is 3.05. The van der Waals surface area contributed by atoms with E-state index in [-0.39, 0.29) is 0 Å². The number of benzene rings is 1. The summed E-state index contributed by atoms with van der Waals surface area (Å²) < 4.78 is 1.90. The van der Waals surface area contributed by atoms with E-state index in [1.165, 1.54) is 11.1 Å². The van der Waals surface area contributed by atoms with Crippen molar-refractivity contribution in [2.75, 3.05) is 0 Å². The molecular formula is C15H20N2. The lowest BCUT2D eigenvalue weighted by molar-refractivity contribution is 0.411. The molecule has 2 rings (SSSR count). The Morgan fingerprint density at radius 2 is 1.71 bits per heavy atom. The molecule has 0 spiro atoms. The minimum atomic E-state index is 0.341. The van der Waals surface area contributed by atoms with E-state index in [0.29, 0.717) is 5.41 Å². The molecule has 0 unspecified atom stereocenters. The Labute approximate surface area is 103 Å². The second kappa shape index (κ2) is 4.36. The lowest BCUT2D eigenvalue weighted by atomic mass is 9.88. The summed E-state index contributed by atoms with van der Waals surface area (Å²) >= 11 is 0. The summed E-state index contributed by atoms with van der Waals surface area (Å²) in [4.78, 5) is 0. The van der Waals surface area contributed by atoms with Gasteiger partial charge in [-0.25, -0.2) is 0 Å². The zero-order valence-electron chi connectivity index (χ0n) is 11.1. The van der Waals surface area contributed by atoms with Gasteiger partial charge in [-0.1, -0.05) is 45.0 Å². The van der Waals surface area contributed by atoms with Crippen LogP contribution in [0, 0.1) is 5.41 Å². The summed E-state index contributed by atoms with van der Waals surface area (Å²) in [7, 11) is 1.97. The average molecular weight is 228 g/mol. The molecule has 0 saturated carbocycles. The van der Waals surface area contributed by atoms with Gasteiger partial charge in [-0.3, -0.25) is 4.68 Å². The van der Waals surface area contributed by atoms with Crippen molar-refractivity contribution < 1.29 is 0 Å². The summed E-state index contributed by atoms with van der Waals surface area (Å²) in [5.41, 5.74) is 4.12. The second-order valence-corrected chi connectivity index (χ2v) is 5.77. The first kappa shape index (κ1) is 11.9. The Morgan fingerprint density at radius 1 is 1.06 bits per heavy atom. The Bertz CT molecular complexity index is 486. The lowest BCUT2D eigenvalue weighted by Gasteiger charge is -2.18. The largest absolute Gasteiger partial charge is 0.268 e. The fourth-order valence-electron chi connectivity index (χ4n) is 2.06. The van der Waals surface area contributed by atoms with Gasteiger partial charge in [0.1, 0.15) is 0 Å². The second-order valence-electron chi connectivity index (χ2n) is 5.77. The molecular weight excluding hydrogens is 208 g/mol. The van der Waals surface area contributed by atoms with Crippen molar-refractivity contribution in [2.45, 2.75) is 27.2 Å². The topological polar surface area (TPSA) is 17.8 Å². The predicted molar refractivity (Wildman–Crippen MR) is 71.8 cm³/mol. The van der Waals surface area contributed by atoms with E-state index in [4.69, 9.17) is 0 Å². The van der Waals surface area contributed by atoms with Crippen LogP contribution in [0.5, 0.6) is 0 Å². The normalized spacial score (nSPS) is 11.8. The maximum atomic E-state index is 4.19. The monoisotopic (exact) mass is 228 g/mol. The van der Waals surface area contributed by atoms with Crippen molar-refractivity contribution >= 4 is 0 Å². The minimum absolute atomic E-state index is 0.341. The fraction of sp³-hybridized carbons (Fsp3) is 0.400. The third kappa shape index (κ3) is 2.96. The summed E-state index contributed by atoms with van der Waals surface area (Å²) in [5, 5.41) is 4.19. The zero-order valence-corrected chi connectivity index (χ0v) is 11.1. The third-order valence-electron chi connectivity index (χ3n) is 2.81. The molecule has 2 aromatic rings. The van der Waals surface area contributed by atoms with Crippen molar-refractivity contribution in [1.82, 2.24) is 9.78 Å². The van der Waals surface area contributed by atoms with Crippen molar-refractivity contribution in [2.24, 2.45) is 12.5 Å². The lowest BCUT2D eigenvalue weighted by Crippen LogP contribution is -2.08. The molecule has 90 valence electrons. The first-order valence-corrected chi connectivity index (χ1v) is 6.03. The van der Waals surface area contributed by atoms with Crippen LogP contribution in [0.1, 0.15) is 26.3 Å². The van der Waals surface area contributed by atoms with Gasteiger partial charge in [0.25, 0.3) is 0 Å². The molecule has 17 heavy (non-hydrogen) atoms. The maximum absolute atomic E-state index is 4.19. The van der Waals surface area contributed by atoms with Crippen LogP contribution >= 0.6 is 0 Å². The molecule has 0 bridgehead atoms. The van der Waals surface area contributed by atoms with Crippen LogP contribution in [0.4, 0.5) is 0 Å². The average Bonchev–Trinajstić information content (AvgIpc) is 2.63. The molecule has 0 fully saturated rings. The zero-order chi connectivity index (χ0) is 12.5. The number of hydrogen-bond donors (Lipinski definition) is 0. The summed E-state index contributed by atoms with van der Waals surface area (Å²) in [5.74, 6) is 0. The van der Waals surface area contributed by atoms with Gasteiger partial charge >= 0.3 is 0 Å². The van der Waals surface area contributed by atoms with Crippen LogP contribution in [-0.4, -0.2) is 9.78 Å². The Hall–Kier alpha value is -1.57. The maximum Gasteiger partial charge on any atom is 0.0678 e. The standard InChI is InChI=1S/C15H20N2/c1-15(2,3)11-12-5-7-13(8-6-12)14-9-10-16-17(14)4/h5-10H,11H2,1-4H3. The van der Waals surface area contributed by atoms with Crippen LogP contribution in [-0.2, 0) is 13.5 Å². The molecule has 0 radical (unpaired) electrons. The summed E-state index contributed by atoms with van der Waals surface area (Å²) in [6.07, 6.45) is 2.94. The molecule has 0 saturated heterocycles. The first-order chi connectivity index (χ1) is 7.96.